The average Bonchev–Trinajstić information content (AvgIpc) is 2.32. The first kappa shape index (κ1) is 15.1. The van der Waals surface area contributed by atoms with Crippen LogP contribution in [0.15, 0.2) is 0 Å². The second kappa shape index (κ2) is 8.22. The van der Waals surface area contributed by atoms with Gasteiger partial charge in [-0.15, -0.1) is 0 Å². The molecule has 17 heavy (non-hydrogen) atoms. The molecule has 1 aliphatic carbocycles. The van der Waals surface area contributed by atoms with Crippen molar-refractivity contribution < 1.29 is 0 Å². The summed E-state index contributed by atoms with van der Waals surface area (Å²) < 4.78 is 0. The van der Waals surface area contributed by atoms with Crippen LogP contribution in [0.5, 0.6) is 0 Å². The molecule has 100 valence electrons. The summed E-state index contributed by atoms with van der Waals surface area (Å²) in [6.45, 7) is 9.63. The van der Waals surface area contributed by atoms with Crippen molar-refractivity contribution >= 4 is 7.28 Å². The van der Waals surface area contributed by atoms with Gasteiger partial charge in [0.05, 0.1) is 0 Å². The van der Waals surface area contributed by atoms with E-state index in [2.05, 4.69) is 27.6 Å². The van der Waals surface area contributed by atoms with Crippen LogP contribution in [-0.4, -0.2) is 7.28 Å². The lowest BCUT2D eigenvalue weighted by Crippen LogP contribution is -2.26. The van der Waals surface area contributed by atoms with Gasteiger partial charge in [0.2, 0.25) is 0 Å². The fourth-order valence-electron chi connectivity index (χ4n) is 4.00. The summed E-state index contributed by atoms with van der Waals surface area (Å²) in [6.07, 6.45) is 11.7. The molecular formula is C16H33B. The third-order valence-corrected chi connectivity index (χ3v) is 5.08. The molecule has 1 aliphatic rings. The highest BCUT2D eigenvalue weighted by molar-refractivity contribution is 6.35. The molecule has 0 radical (unpaired) electrons. The van der Waals surface area contributed by atoms with Gasteiger partial charge in [0, 0.05) is 0 Å². The van der Waals surface area contributed by atoms with Crippen LogP contribution in [0.2, 0.25) is 12.6 Å². The second-order valence-corrected chi connectivity index (χ2v) is 6.43. The Kier molecular flexibility index (Phi) is 7.31. The zero-order valence-corrected chi connectivity index (χ0v) is 12.7. The maximum Gasteiger partial charge on any atom is 0.121 e. The van der Waals surface area contributed by atoms with E-state index in [1.165, 1.54) is 58.6 Å². The first-order chi connectivity index (χ1) is 8.22. The maximum absolute atomic E-state index is 2.47. The van der Waals surface area contributed by atoms with Crippen molar-refractivity contribution in [2.45, 2.75) is 84.8 Å². The van der Waals surface area contributed by atoms with Crippen molar-refractivity contribution in [3.05, 3.63) is 0 Å². The van der Waals surface area contributed by atoms with Crippen LogP contribution in [0.4, 0.5) is 0 Å². The molecular weight excluding hydrogens is 203 g/mol. The summed E-state index contributed by atoms with van der Waals surface area (Å²) in [5.41, 5.74) is 0. The van der Waals surface area contributed by atoms with Crippen molar-refractivity contribution in [3.8, 4) is 0 Å². The van der Waals surface area contributed by atoms with Crippen molar-refractivity contribution in [2.24, 2.45) is 17.8 Å². The van der Waals surface area contributed by atoms with E-state index in [9.17, 15) is 0 Å². The van der Waals surface area contributed by atoms with Gasteiger partial charge in [0.15, 0.2) is 0 Å². The standard InChI is InChI=1S/C16H33B/c1-5-7-14-11-9-13(3)10-12-16(17-4)15(14)8-6-2/h13-17H,5-12H2,1-4H3. The summed E-state index contributed by atoms with van der Waals surface area (Å²) in [5.74, 6) is 4.07. The summed E-state index contributed by atoms with van der Waals surface area (Å²) in [5, 5.41) is 0. The summed E-state index contributed by atoms with van der Waals surface area (Å²) in [7, 11) is 1.41. The van der Waals surface area contributed by atoms with E-state index in [-0.39, 0.29) is 0 Å². The summed E-state index contributed by atoms with van der Waals surface area (Å²) >= 11 is 0. The minimum Gasteiger partial charge on any atom is -0.0891 e. The Hall–Kier alpha value is 0.0649. The fraction of sp³-hybridized carbons (Fsp3) is 1.00. The Morgan fingerprint density at radius 2 is 1.59 bits per heavy atom. The van der Waals surface area contributed by atoms with Gasteiger partial charge in [0.1, 0.15) is 7.28 Å². The maximum atomic E-state index is 2.47. The van der Waals surface area contributed by atoms with Gasteiger partial charge >= 0.3 is 0 Å². The van der Waals surface area contributed by atoms with Crippen LogP contribution in [0.3, 0.4) is 0 Å². The predicted octanol–water partition coefficient (Wildman–Crippen LogP) is 5.30. The van der Waals surface area contributed by atoms with Gasteiger partial charge in [-0.2, -0.15) is 0 Å². The van der Waals surface area contributed by atoms with Crippen LogP contribution in [0.25, 0.3) is 0 Å². The van der Waals surface area contributed by atoms with Gasteiger partial charge in [0.25, 0.3) is 0 Å². The van der Waals surface area contributed by atoms with Crippen LogP contribution in [0, 0.1) is 17.8 Å². The molecule has 1 saturated carbocycles. The van der Waals surface area contributed by atoms with Crippen LogP contribution < -0.4 is 0 Å². The highest BCUT2D eigenvalue weighted by atomic mass is 14.3. The smallest absolute Gasteiger partial charge is 0.0891 e. The summed E-state index contributed by atoms with van der Waals surface area (Å²) in [4.78, 5) is 0. The lowest BCUT2D eigenvalue weighted by atomic mass is 9.54. The van der Waals surface area contributed by atoms with Gasteiger partial charge in [-0.25, -0.2) is 0 Å². The minimum atomic E-state index is 0.978. The third kappa shape index (κ3) is 4.68. The van der Waals surface area contributed by atoms with E-state index >= 15 is 0 Å². The van der Waals surface area contributed by atoms with E-state index < -0.39 is 0 Å². The topological polar surface area (TPSA) is 0 Å². The Balaban J connectivity index is 2.70. The van der Waals surface area contributed by atoms with E-state index in [1.807, 2.05) is 0 Å². The van der Waals surface area contributed by atoms with Gasteiger partial charge in [-0.05, 0) is 24.2 Å². The highest BCUT2D eigenvalue weighted by Gasteiger charge is 2.29. The quantitative estimate of drug-likeness (QED) is 0.568. The average molecular weight is 236 g/mol. The molecule has 1 fully saturated rings. The lowest BCUT2D eigenvalue weighted by molar-refractivity contribution is 0.210. The highest BCUT2D eigenvalue weighted by Crippen LogP contribution is 2.41. The van der Waals surface area contributed by atoms with E-state index in [0.717, 1.165) is 23.6 Å². The number of rotatable bonds is 5. The SMILES string of the molecule is CBC1CCC(C)CCC(CCC)C1CCC. The van der Waals surface area contributed by atoms with Crippen molar-refractivity contribution in [1.29, 1.82) is 0 Å². The Morgan fingerprint density at radius 3 is 2.18 bits per heavy atom. The molecule has 0 aromatic carbocycles. The van der Waals surface area contributed by atoms with E-state index in [1.54, 1.807) is 0 Å². The van der Waals surface area contributed by atoms with Crippen molar-refractivity contribution in [2.75, 3.05) is 0 Å². The van der Waals surface area contributed by atoms with Crippen molar-refractivity contribution in [3.63, 3.8) is 0 Å². The molecule has 0 saturated heterocycles. The molecule has 0 aliphatic heterocycles. The molecule has 0 bridgehead atoms. The molecule has 0 spiro atoms. The zero-order valence-electron chi connectivity index (χ0n) is 12.7. The van der Waals surface area contributed by atoms with Gasteiger partial charge in [-0.3, -0.25) is 0 Å². The van der Waals surface area contributed by atoms with Crippen molar-refractivity contribution in [1.82, 2.24) is 0 Å². The Bertz CT molecular complexity index is 190. The van der Waals surface area contributed by atoms with E-state index in [0.29, 0.717) is 0 Å². The second-order valence-electron chi connectivity index (χ2n) is 6.43. The monoisotopic (exact) mass is 236 g/mol. The summed E-state index contributed by atoms with van der Waals surface area (Å²) in [6, 6.07) is 0. The number of hydrogen-bond donors (Lipinski definition) is 0. The molecule has 0 aromatic rings. The molecule has 0 N–H and O–H groups in total. The fourth-order valence-corrected chi connectivity index (χ4v) is 4.00. The molecule has 4 unspecified atom stereocenters. The van der Waals surface area contributed by atoms with E-state index in [4.69, 9.17) is 0 Å². The van der Waals surface area contributed by atoms with Crippen LogP contribution in [0.1, 0.15) is 72.1 Å². The molecule has 0 nitrogen and oxygen atoms in total. The Labute approximate surface area is 110 Å². The van der Waals surface area contributed by atoms with Gasteiger partial charge < -0.3 is 0 Å². The largest absolute Gasteiger partial charge is 0.121 e. The van der Waals surface area contributed by atoms with Crippen LogP contribution >= 0.6 is 0 Å². The zero-order chi connectivity index (χ0) is 12.7. The third-order valence-electron chi connectivity index (χ3n) is 5.08. The molecule has 1 heteroatoms. The number of hydrogen-bond acceptors (Lipinski definition) is 0. The first-order valence-electron chi connectivity index (χ1n) is 8.22. The Morgan fingerprint density at radius 1 is 0.941 bits per heavy atom. The molecule has 0 aromatic heterocycles. The molecule has 0 heterocycles. The predicted molar refractivity (Wildman–Crippen MR) is 81.2 cm³/mol. The lowest BCUT2D eigenvalue weighted by Gasteiger charge is -2.37. The normalized spacial score (nSPS) is 35.1. The van der Waals surface area contributed by atoms with Gasteiger partial charge in [-0.1, -0.05) is 78.4 Å². The minimum absolute atomic E-state index is 0.978. The molecule has 0 amide bonds. The first-order valence-corrected chi connectivity index (χ1v) is 8.22. The molecule has 1 rings (SSSR count). The molecule has 4 atom stereocenters. The van der Waals surface area contributed by atoms with Crippen LogP contribution in [-0.2, 0) is 0 Å².